The number of likely N-dealkylation sites (tertiary alicyclic amines) is 1. The predicted molar refractivity (Wildman–Crippen MR) is 117 cm³/mol. The average Bonchev–Trinajstić information content (AvgIpc) is 2.74. The molecule has 1 aromatic rings. The molecule has 0 spiro atoms. The first-order chi connectivity index (χ1) is 14.2. The summed E-state index contributed by atoms with van der Waals surface area (Å²) in [6, 6.07) is 11.4. The van der Waals surface area contributed by atoms with E-state index in [1.807, 2.05) is 49.9 Å². The van der Waals surface area contributed by atoms with Gasteiger partial charge in [0.15, 0.2) is 0 Å². The van der Waals surface area contributed by atoms with Crippen molar-refractivity contribution < 1.29 is 14.3 Å². The molecule has 0 bridgehead atoms. The summed E-state index contributed by atoms with van der Waals surface area (Å²) < 4.78 is 10.8. The molecule has 6 nitrogen and oxygen atoms in total. The Balaban J connectivity index is 1.49. The first kappa shape index (κ1) is 22.4. The Morgan fingerprint density at radius 3 is 2.37 bits per heavy atom. The highest BCUT2D eigenvalue weighted by Crippen LogP contribution is 2.40. The number of carbonyl (C=O) groups is 1. The van der Waals surface area contributed by atoms with Crippen LogP contribution in [0, 0.1) is 11.3 Å². The van der Waals surface area contributed by atoms with E-state index in [2.05, 4.69) is 11.4 Å². The van der Waals surface area contributed by atoms with Gasteiger partial charge in [-0.1, -0.05) is 12.1 Å². The number of carbonyl (C=O) groups excluding carboxylic acids is 1. The summed E-state index contributed by atoms with van der Waals surface area (Å²) in [5.74, 6) is 0.805. The number of nitrogens with one attached hydrogen (secondary N) is 1. The van der Waals surface area contributed by atoms with Gasteiger partial charge in [0.05, 0.1) is 18.6 Å². The summed E-state index contributed by atoms with van der Waals surface area (Å²) >= 11 is 0. The van der Waals surface area contributed by atoms with Crippen molar-refractivity contribution in [2.45, 2.75) is 82.4 Å². The Labute approximate surface area is 180 Å². The Hall–Kier alpha value is -2.26. The Morgan fingerprint density at radius 1 is 1.17 bits per heavy atom. The summed E-state index contributed by atoms with van der Waals surface area (Å²) in [5.41, 5.74) is 0.186. The van der Waals surface area contributed by atoms with E-state index >= 15 is 0 Å². The third-order valence-electron chi connectivity index (χ3n) is 6.29. The van der Waals surface area contributed by atoms with Gasteiger partial charge in [0.1, 0.15) is 11.4 Å². The van der Waals surface area contributed by atoms with E-state index in [1.54, 1.807) is 7.11 Å². The number of nitriles is 1. The molecule has 0 atom stereocenters. The van der Waals surface area contributed by atoms with Gasteiger partial charge in [0.25, 0.3) is 0 Å². The van der Waals surface area contributed by atoms with E-state index in [0.29, 0.717) is 12.1 Å². The van der Waals surface area contributed by atoms with E-state index in [1.165, 1.54) is 0 Å². The number of rotatable bonds is 4. The zero-order chi connectivity index (χ0) is 21.8. The lowest BCUT2D eigenvalue weighted by Gasteiger charge is -2.39. The van der Waals surface area contributed by atoms with Crippen molar-refractivity contribution >= 4 is 6.09 Å². The summed E-state index contributed by atoms with van der Waals surface area (Å²) in [6.45, 7) is 7.15. The molecular weight excluding hydrogens is 378 g/mol. The molecular formula is C24H35N3O3. The van der Waals surface area contributed by atoms with Crippen LogP contribution in [0.3, 0.4) is 0 Å². The summed E-state index contributed by atoms with van der Waals surface area (Å²) in [7, 11) is 1.66. The standard InChI is InChI=1S/C24H35N3O3/c1-23(2,3)30-22(28)27-14-10-20(11-15-27)26-19-8-12-24(17-25,13-9-19)18-6-5-7-21(16-18)29-4/h5-7,16,19-20,26H,8-15H2,1-4H3/t19-,24-. The second kappa shape index (κ2) is 9.26. The molecule has 0 radical (unpaired) electrons. The van der Waals surface area contributed by atoms with E-state index in [-0.39, 0.29) is 6.09 Å². The highest BCUT2D eigenvalue weighted by molar-refractivity contribution is 5.68. The van der Waals surface area contributed by atoms with Gasteiger partial charge < -0.3 is 19.7 Å². The van der Waals surface area contributed by atoms with Crippen LogP contribution >= 0.6 is 0 Å². The second-order valence-corrected chi connectivity index (χ2v) is 9.61. The maximum atomic E-state index is 12.2. The molecule has 1 aromatic carbocycles. The zero-order valence-electron chi connectivity index (χ0n) is 18.7. The number of piperidine rings is 1. The van der Waals surface area contributed by atoms with E-state index in [4.69, 9.17) is 9.47 Å². The maximum Gasteiger partial charge on any atom is 0.410 e. The van der Waals surface area contributed by atoms with E-state index in [9.17, 15) is 10.1 Å². The van der Waals surface area contributed by atoms with Crippen molar-refractivity contribution in [3.63, 3.8) is 0 Å². The van der Waals surface area contributed by atoms with Crippen LogP contribution in [-0.2, 0) is 10.2 Å². The molecule has 1 saturated heterocycles. The Bertz CT molecular complexity index is 765. The predicted octanol–water partition coefficient (Wildman–Crippen LogP) is 4.39. The molecule has 1 aliphatic carbocycles. The topological polar surface area (TPSA) is 74.6 Å². The first-order valence-corrected chi connectivity index (χ1v) is 11.0. The molecule has 0 aromatic heterocycles. The van der Waals surface area contributed by atoms with Crippen LogP contribution in [0.4, 0.5) is 4.79 Å². The largest absolute Gasteiger partial charge is 0.497 e. The number of nitrogens with zero attached hydrogens (tertiary/aromatic N) is 2. The van der Waals surface area contributed by atoms with Gasteiger partial charge in [0.2, 0.25) is 0 Å². The van der Waals surface area contributed by atoms with Crippen molar-refractivity contribution in [2.75, 3.05) is 20.2 Å². The van der Waals surface area contributed by atoms with Crippen LogP contribution in [0.25, 0.3) is 0 Å². The maximum absolute atomic E-state index is 12.2. The molecule has 1 N–H and O–H groups in total. The Morgan fingerprint density at radius 2 is 1.80 bits per heavy atom. The minimum atomic E-state index is -0.454. The summed E-state index contributed by atoms with van der Waals surface area (Å²) in [5, 5.41) is 13.8. The molecule has 1 heterocycles. The number of hydrogen-bond acceptors (Lipinski definition) is 5. The summed E-state index contributed by atoms with van der Waals surface area (Å²) in [4.78, 5) is 14.1. The van der Waals surface area contributed by atoms with Gasteiger partial charge in [-0.25, -0.2) is 4.79 Å². The highest BCUT2D eigenvalue weighted by atomic mass is 16.6. The van der Waals surface area contributed by atoms with Gasteiger partial charge in [-0.15, -0.1) is 0 Å². The molecule has 2 aliphatic rings. The smallest absolute Gasteiger partial charge is 0.410 e. The van der Waals surface area contributed by atoms with Crippen LogP contribution in [0.2, 0.25) is 0 Å². The lowest BCUT2D eigenvalue weighted by molar-refractivity contribution is 0.0194. The molecule has 6 heteroatoms. The van der Waals surface area contributed by atoms with Gasteiger partial charge in [-0.3, -0.25) is 0 Å². The van der Waals surface area contributed by atoms with Crippen molar-refractivity contribution in [3.05, 3.63) is 29.8 Å². The van der Waals surface area contributed by atoms with Crippen molar-refractivity contribution in [3.8, 4) is 11.8 Å². The fourth-order valence-electron chi connectivity index (χ4n) is 4.55. The van der Waals surface area contributed by atoms with Gasteiger partial charge in [-0.2, -0.15) is 5.26 Å². The lowest BCUT2D eigenvalue weighted by atomic mass is 9.69. The molecule has 2 fully saturated rings. The normalized spacial score (nSPS) is 25.4. The SMILES string of the molecule is COc1cccc([C@]2(C#N)CC[C@@H](NC3CCN(C(=O)OC(C)(C)C)CC3)CC2)c1. The lowest BCUT2D eigenvalue weighted by Crippen LogP contribution is -2.50. The Kier molecular flexibility index (Phi) is 6.92. The van der Waals surface area contributed by atoms with Crippen LogP contribution < -0.4 is 10.1 Å². The van der Waals surface area contributed by atoms with E-state index in [0.717, 1.165) is 62.9 Å². The highest BCUT2D eigenvalue weighted by Gasteiger charge is 2.38. The monoisotopic (exact) mass is 413 g/mol. The number of hydrogen-bond donors (Lipinski definition) is 1. The average molecular weight is 414 g/mol. The van der Waals surface area contributed by atoms with Crippen LogP contribution in [0.15, 0.2) is 24.3 Å². The van der Waals surface area contributed by atoms with E-state index < -0.39 is 11.0 Å². The number of ether oxygens (including phenoxy) is 2. The quantitative estimate of drug-likeness (QED) is 0.792. The van der Waals surface area contributed by atoms with Crippen molar-refractivity contribution in [1.82, 2.24) is 10.2 Å². The molecule has 30 heavy (non-hydrogen) atoms. The number of benzene rings is 1. The van der Waals surface area contributed by atoms with Crippen molar-refractivity contribution in [1.29, 1.82) is 5.26 Å². The third kappa shape index (κ3) is 5.46. The minimum absolute atomic E-state index is 0.212. The first-order valence-electron chi connectivity index (χ1n) is 11.0. The molecule has 164 valence electrons. The molecule has 1 amide bonds. The molecule has 1 saturated carbocycles. The van der Waals surface area contributed by atoms with Gasteiger partial charge >= 0.3 is 6.09 Å². The third-order valence-corrected chi connectivity index (χ3v) is 6.29. The fourth-order valence-corrected chi connectivity index (χ4v) is 4.55. The van der Waals surface area contributed by atoms with Crippen LogP contribution in [-0.4, -0.2) is 48.9 Å². The molecule has 0 unspecified atom stereocenters. The number of amides is 1. The minimum Gasteiger partial charge on any atom is -0.497 e. The second-order valence-electron chi connectivity index (χ2n) is 9.61. The zero-order valence-corrected chi connectivity index (χ0v) is 18.7. The summed E-state index contributed by atoms with van der Waals surface area (Å²) in [6.07, 6.45) is 5.34. The molecule has 1 aliphatic heterocycles. The van der Waals surface area contributed by atoms with Gasteiger partial charge in [-0.05, 0) is 77.0 Å². The van der Waals surface area contributed by atoms with Crippen molar-refractivity contribution in [2.24, 2.45) is 0 Å². The molecule has 3 rings (SSSR count). The van der Waals surface area contributed by atoms with Gasteiger partial charge in [0, 0.05) is 25.2 Å². The fraction of sp³-hybridized carbons (Fsp3) is 0.667. The van der Waals surface area contributed by atoms with Crippen LogP contribution in [0.5, 0.6) is 5.75 Å². The van der Waals surface area contributed by atoms with Crippen LogP contribution in [0.1, 0.15) is 64.9 Å². The number of methoxy groups -OCH3 is 1.